The molecule has 11 heteroatoms. The Bertz CT molecular complexity index is 993. The lowest BCUT2D eigenvalue weighted by Crippen LogP contribution is -2.12. The molecular formula is C19H16F2N2O7. The van der Waals surface area contributed by atoms with Crippen LogP contribution in [0.15, 0.2) is 42.5 Å². The highest BCUT2D eigenvalue weighted by Crippen LogP contribution is 2.30. The molecule has 30 heavy (non-hydrogen) atoms. The van der Waals surface area contributed by atoms with Gasteiger partial charge in [-0.2, -0.15) is 8.78 Å². The standard InChI is InChI=1S/C19H16F2N2O7/c1-28-16-8-11(2-6-15(16)30-19(20)21)3-7-17(24)29-10-13-5-4-12(18(22)25)9-14(13)23(26)27/h2-9,19H,10H2,1H3,(H2,22,25)/b7-3+. The molecule has 0 unspecified atom stereocenters. The van der Waals surface area contributed by atoms with Gasteiger partial charge in [0, 0.05) is 17.7 Å². The van der Waals surface area contributed by atoms with Crippen molar-refractivity contribution in [2.45, 2.75) is 13.2 Å². The number of nitrogens with zero attached hydrogens (tertiary/aromatic N) is 1. The third-order valence-corrected chi connectivity index (χ3v) is 3.75. The van der Waals surface area contributed by atoms with Gasteiger partial charge >= 0.3 is 12.6 Å². The summed E-state index contributed by atoms with van der Waals surface area (Å²) in [5.41, 5.74) is 5.13. The molecule has 0 atom stereocenters. The summed E-state index contributed by atoms with van der Waals surface area (Å²) in [6, 6.07) is 7.58. The van der Waals surface area contributed by atoms with Crippen LogP contribution in [-0.2, 0) is 16.1 Å². The average Bonchev–Trinajstić information content (AvgIpc) is 2.70. The first-order chi connectivity index (χ1) is 14.2. The predicted octanol–water partition coefficient (Wildman–Crippen LogP) is 3.06. The zero-order chi connectivity index (χ0) is 22.3. The molecule has 9 nitrogen and oxygen atoms in total. The van der Waals surface area contributed by atoms with Crippen LogP contribution < -0.4 is 15.2 Å². The maximum absolute atomic E-state index is 12.3. The molecule has 0 spiro atoms. The number of amides is 1. The van der Waals surface area contributed by atoms with Gasteiger partial charge in [0.25, 0.3) is 5.69 Å². The quantitative estimate of drug-likeness (QED) is 0.284. The molecule has 0 aromatic heterocycles. The Balaban J connectivity index is 2.07. The molecule has 2 N–H and O–H groups in total. The summed E-state index contributed by atoms with van der Waals surface area (Å²) in [5.74, 6) is -1.77. The first-order valence-electron chi connectivity index (χ1n) is 8.26. The van der Waals surface area contributed by atoms with Gasteiger partial charge in [-0.05, 0) is 35.9 Å². The highest BCUT2D eigenvalue weighted by Gasteiger charge is 2.17. The van der Waals surface area contributed by atoms with Gasteiger partial charge in [-0.15, -0.1) is 0 Å². The summed E-state index contributed by atoms with van der Waals surface area (Å²) in [5, 5.41) is 11.1. The highest BCUT2D eigenvalue weighted by molar-refractivity contribution is 5.93. The third kappa shape index (κ3) is 5.99. The first kappa shape index (κ1) is 22.3. The smallest absolute Gasteiger partial charge is 0.387 e. The lowest BCUT2D eigenvalue weighted by molar-refractivity contribution is -0.385. The van der Waals surface area contributed by atoms with E-state index in [0.717, 1.165) is 12.1 Å². The van der Waals surface area contributed by atoms with E-state index in [9.17, 15) is 28.5 Å². The van der Waals surface area contributed by atoms with Crippen LogP contribution in [0.2, 0.25) is 0 Å². The second-order valence-corrected chi connectivity index (χ2v) is 5.69. The van der Waals surface area contributed by atoms with E-state index in [-0.39, 0.29) is 22.6 Å². The van der Waals surface area contributed by atoms with E-state index in [2.05, 4.69) is 4.74 Å². The van der Waals surface area contributed by atoms with E-state index in [4.69, 9.17) is 15.2 Å². The molecule has 0 aliphatic carbocycles. The summed E-state index contributed by atoms with van der Waals surface area (Å²) in [6.45, 7) is -3.43. The first-order valence-corrected chi connectivity index (χ1v) is 8.26. The minimum Gasteiger partial charge on any atom is -0.493 e. The summed E-state index contributed by atoms with van der Waals surface area (Å²) in [6.07, 6.45) is 2.38. The van der Waals surface area contributed by atoms with Gasteiger partial charge in [-0.3, -0.25) is 14.9 Å². The monoisotopic (exact) mass is 422 g/mol. The van der Waals surface area contributed by atoms with Gasteiger partial charge in [0.15, 0.2) is 11.5 Å². The minimum atomic E-state index is -3.02. The van der Waals surface area contributed by atoms with Crippen molar-refractivity contribution in [2.75, 3.05) is 7.11 Å². The third-order valence-electron chi connectivity index (χ3n) is 3.75. The zero-order valence-corrected chi connectivity index (χ0v) is 15.5. The molecule has 0 saturated carbocycles. The summed E-state index contributed by atoms with van der Waals surface area (Å²) in [4.78, 5) is 33.5. The van der Waals surface area contributed by atoms with Gasteiger partial charge in [0.1, 0.15) is 6.61 Å². The fourth-order valence-electron chi connectivity index (χ4n) is 2.35. The fourth-order valence-corrected chi connectivity index (χ4v) is 2.35. The van der Waals surface area contributed by atoms with Crippen molar-refractivity contribution >= 4 is 23.6 Å². The Morgan fingerprint density at radius 2 is 1.93 bits per heavy atom. The number of alkyl halides is 2. The van der Waals surface area contributed by atoms with Crippen molar-refractivity contribution in [1.82, 2.24) is 0 Å². The SMILES string of the molecule is COc1cc(/C=C/C(=O)OCc2ccc(C(N)=O)cc2[N+](=O)[O-])ccc1OC(F)F. The molecule has 0 radical (unpaired) electrons. The van der Waals surface area contributed by atoms with Crippen LogP contribution in [-0.4, -0.2) is 30.5 Å². The van der Waals surface area contributed by atoms with E-state index in [1.54, 1.807) is 0 Å². The number of esters is 1. The van der Waals surface area contributed by atoms with Gasteiger partial charge < -0.3 is 19.9 Å². The second-order valence-electron chi connectivity index (χ2n) is 5.69. The number of nitrogens with two attached hydrogens (primary N) is 1. The number of methoxy groups -OCH3 is 1. The molecule has 2 rings (SSSR count). The summed E-state index contributed by atoms with van der Waals surface area (Å²) >= 11 is 0. The van der Waals surface area contributed by atoms with Crippen molar-refractivity contribution in [3.8, 4) is 11.5 Å². The molecule has 2 aromatic carbocycles. The number of hydrogen-bond acceptors (Lipinski definition) is 7. The van der Waals surface area contributed by atoms with Crippen molar-refractivity contribution in [1.29, 1.82) is 0 Å². The maximum Gasteiger partial charge on any atom is 0.387 e. The van der Waals surface area contributed by atoms with E-state index in [0.29, 0.717) is 5.56 Å². The Morgan fingerprint density at radius 3 is 2.53 bits per heavy atom. The molecule has 0 aliphatic rings. The zero-order valence-electron chi connectivity index (χ0n) is 15.5. The van der Waals surface area contributed by atoms with Crippen molar-refractivity contribution in [2.24, 2.45) is 5.73 Å². The largest absolute Gasteiger partial charge is 0.493 e. The molecule has 1 amide bonds. The molecule has 0 aliphatic heterocycles. The van der Waals surface area contributed by atoms with Gasteiger partial charge in [-0.1, -0.05) is 6.07 Å². The number of nitro benzene ring substituents is 1. The lowest BCUT2D eigenvalue weighted by atomic mass is 10.1. The van der Waals surface area contributed by atoms with Crippen LogP contribution in [0.4, 0.5) is 14.5 Å². The van der Waals surface area contributed by atoms with Gasteiger partial charge in [-0.25, -0.2) is 4.79 Å². The Morgan fingerprint density at radius 1 is 1.20 bits per heavy atom. The number of rotatable bonds is 9. The average molecular weight is 422 g/mol. The molecule has 0 saturated heterocycles. The maximum atomic E-state index is 12.3. The number of nitro groups is 1. The highest BCUT2D eigenvalue weighted by atomic mass is 19.3. The molecule has 0 bridgehead atoms. The molecule has 0 fully saturated rings. The van der Waals surface area contributed by atoms with E-state index >= 15 is 0 Å². The van der Waals surface area contributed by atoms with Crippen LogP contribution in [0, 0.1) is 10.1 Å². The van der Waals surface area contributed by atoms with Crippen molar-refractivity contribution in [3.05, 3.63) is 69.3 Å². The van der Waals surface area contributed by atoms with Crippen LogP contribution >= 0.6 is 0 Å². The van der Waals surface area contributed by atoms with Gasteiger partial charge in [0.05, 0.1) is 17.6 Å². The van der Waals surface area contributed by atoms with E-state index in [1.165, 1.54) is 43.5 Å². The van der Waals surface area contributed by atoms with E-state index in [1.807, 2.05) is 0 Å². The topological polar surface area (TPSA) is 131 Å². The van der Waals surface area contributed by atoms with E-state index < -0.39 is 35.7 Å². The van der Waals surface area contributed by atoms with Crippen LogP contribution in [0.3, 0.4) is 0 Å². The molecule has 2 aromatic rings. The number of hydrogen-bond donors (Lipinski definition) is 1. The fraction of sp³-hybridized carbons (Fsp3) is 0.158. The lowest BCUT2D eigenvalue weighted by Gasteiger charge is -2.10. The van der Waals surface area contributed by atoms with Crippen LogP contribution in [0.1, 0.15) is 21.5 Å². The number of carbonyl (C=O) groups is 2. The normalized spacial score (nSPS) is 10.8. The summed E-state index contributed by atoms with van der Waals surface area (Å²) in [7, 11) is 1.27. The number of ether oxygens (including phenoxy) is 3. The van der Waals surface area contributed by atoms with Crippen LogP contribution in [0.5, 0.6) is 11.5 Å². The van der Waals surface area contributed by atoms with Crippen LogP contribution in [0.25, 0.3) is 6.08 Å². The second kappa shape index (κ2) is 9.96. The predicted molar refractivity (Wildman–Crippen MR) is 100 cm³/mol. The number of carbonyl (C=O) groups excluding carboxylic acids is 2. The summed E-state index contributed by atoms with van der Waals surface area (Å²) < 4.78 is 38.9. The Kier molecular flexibility index (Phi) is 7.39. The number of primary amides is 1. The minimum absolute atomic E-state index is 0.0379. The number of halogens is 2. The number of benzene rings is 2. The molecule has 0 heterocycles. The van der Waals surface area contributed by atoms with Gasteiger partial charge in [0.2, 0.25) is 5.91 Å². The molecule has 158 valence electrons. The Hall–Kier alpha value is -4.02. The Labute approximate surface area is 168 Å². The van der Waals surface area contributed by atoms with Crippen molar-refractivity contribution < 1.29 is 37.5 Å². The molecular weight excluding hydrogens is 406 g/mol. The van der Waals surface area contributed by atoms with Crippen molar-refractivity contribution in [3.63, 3.8) is 0 Å².